The second-order valence-electron chi connectivity index (χ2n) is 3.53. The molecular weight excluding hydrogens is 261 g/mol. The number of nitrogens with zero attached hydrogens (tertiary/aromatic N) is 1. The van der Waals surface area contributed by atoms with E-state index in [0.717, 1.165) is 17.1 Å². The molecule has 0 aromatic carbocycles. The lowest BCUT2D eigenvalue weighted by atomic mass is 10.2. The fourth-order valence-corrected chi connectivity index (χ4v) is 1.29. The largest absolute Gasteiger partial charge is 0.330 e. The van der Waals surface area contributed by atoms with Gasteiger partial charge in [0, 0.05) is 12.1 Å². The Labute approximate surface area is 114 Å². The van der Waals surface area contributed by atoms with E-state index in [1.54, 1.807) is 0 Å². The Balaban J connectivity index is 0. The van der Waals surface area contributed by atoms with Crippen LogP contribution < -0.4 is 11.1 Å². The maximum Gasteiger partial charge on any atom is 0.224 e. The molecule has 1 aromatic heterocycles. The first kappa shape index (κ1) is 18.5. The number of halogens is 2. The number of carbonyl (C=O) groups is 1. The fourth-order valence-electron chi connectivity index (χ4n) is 1.29. The number of hydrogen-bond acceptors (Lipinski definition) is 3. The maximum atomic E-state index is 11.4. The topological polar surface area (TPSA) is 68.0 Å². The molecule has 0 saturated carbocycles. The van der Waals surface area contributed by atoms with Gasteiger partial charge in [-0.05, 0) is 38.9 Å². The molecule has 1 aromatic rings. The number of pyridine rings is 1. The van der Waals surface area contributed by atoms with E-state index in [9.17, 15) is 4.79 Å². The first-order chi connectivity index (χ1) is 7.13. The van der Waals surface area contributed by atoms with Crippen LogP contribution in [-0.2, 0) is 4.79 Å². The molecule has 1 rings (SSSR count). The molecule has 0 saturated heterocycles. The normalized spacial score (nSPS) is 8.88. The molecule has 0 radical (unpaired) electrons. The summed E-state index contributed by atoms with van der Waals surface area (Å²) in [6, 6.07) is 3.75. The van der Waals surface area contributed by atoms with Gasteiger partial charge in [0.2, 0.25) is 5.91 Å². The van der Waals surface area contributed by atoms with Crippen molar-refractivity contribution in [2.75, 3.05) is 11.9 Å². The first-order valence-electron chi connectivity index (χ1n) is 5.07. The van der Waals surface area contributed by atoms with Crippen LogP contribution >= 0.6 is 24.8 Å². The van der Waals surface area contributed by atoms with Crippen LogP contribution in [0, 0.1) is 13.8 Å². The van der Waals surface area contributed by atoms with E-state index in [0.29, 0.717) is 19.4 Å². The summed E-state index contributed by atoms with van der Waals surface area (Å²) in [5, 5.41) is 2.82. The SMILES string of the molecule is Cc1ccc(NC(=O)CCCN)c(C)n1.Cl.Cl. The van der Waals surface area contributed by atoms with Crippen molar-refractivity contribution in [2.24, 2.45) is 5.73 Å². The lowest BCUT2D eigenvalue weighted by Gasteiger charge is -2.07. The molecule has 0 aliphatic carbocycles. The van der Waals surface area contributed by atoms with Gasteiger partial charge in [-0.3, -0.25) is 9.78 Å². The van der Waals surface area contributed by atoms with E-state index in [4.69, 9.17) is 5.73 Å². The summed E-state index contributed by atoms with van der Waals surface area (Å²) < 4.78 is 0. The molecule has 4 nitrogen and oxygen atoms in total. The summed E-state index contributed by atoms with van der Waals surface area (Å²) in [6.07, 6.45) is 1.17. The van der Waals surface area contributed by atoms with Gasteiger partial charge in [-0.2, -0.15) is 0 Å². The molecule has 1 heterocycles. The Bertz CT molecular complexity index is 359. The van der Waals surface area contributed by atoms with Crippen LogP contribution in [0.2, 0.25) is 0 Å². The summed E-state index contributed by atoms with van der Waals surface area (Å²) in [4.78, 5) is 15.7. The van der Waals surface area contributed by atoms with Crippen molar-refractivity contribution in [3.63, 3.8) is 0 Å². The van der Waals surface area contributed by atoms with Crippen molar-refractivity contribution in [2.45, 2.75) is 26.7 Å². The van der Waals surface area contributed by atoms with Crippen LogP contribution in [0.1, 0.15) is 24.2 Å². The van der Waals surface area contributed by atoms with Crippen molar-refractivity contribution < 1.29 is 4.79 Å². The highest BCUT2D eigenvalue weighted by Crippen LogP contribution is 2.12. The lowest BCUT2D eigenvalue weighted by Crippen LogP contribution is -2.14. The van der Waals surface area contributed by atoms with Crippen LogP contribution in [0.25, 0.3) is 0 Å². The quantitative estimate of drug-likeness (QED) is 0.888. The molecule has 6 heteroatoms. The van der Waals surface area contributed by atoms with Crippen LogP contribution in [-0.4, -0.2) is 17.4 Å². The zero-order valence-electron chi connectivity index (χ0n) is 10.0. The number of nitrogens with two attached hydrogens (primary N) is 1. The minimum absolute atomic E-state index is 0. The summed E-state index contributed by atoms with van der Waals surface area (Å²) in [5.41, 5.74) is 7.90. The number of rotatable bonds is 4. The van der Waals surface area contributed by atoms with E-state index < -0.39 is 0 Å². The Morgan fingerprint density at radius 1 is 1.35 bits per heavy atom. The highest BCUT2D eigenvalue weighted by molar-refractivity contribution is 5.91. The number of aryl methyl sites for hydroxylation is 2. The van der Waals surface area contributed by atoms with Gasteiger partial charge in [0.1, 0.15) is 0 Å². The predicted octanol–water partition coefficient (Wildman–Crippen LogP) is 2.22. The summed E-state index contributed by atoms with van der Waals surface area (Å²) >= 11 is 0. The van der Waals surface area contributed by atoms with Crippen molar-refractivity contribution in [3.05, 3.63) is 23.5 Å². The summed E-state index contributed by atoms with van der Waals surface area (Å²) in [6.45, 7) is 4.34. The Morgan fingerprint density at radius 3 is 2.53 bits per heavy atom. The van der Waals surface area contributed by atoms with E-state index in [1.165, 1.54) is 0 Å². The van der Waals surface area contributed by atoms with E-state index >= 15 is 0 Å². The number of carbonyl (C=O) groups excluding carboxylic acids is 1. The van der Waals surface area contributed by atoms with E-state index in [2.05, 4.69) is 10.3 Å². The molecule has 0 atom stereocenters. The zero-order valence-corrected chi connectivity index (χ0v) is 11.7. The van der Waals surface area contributed by atoms with Gasteiger partial charge in [0.25, 0.3) is 0 Å². The van der Waals surface area contributed by atoms with Gasteiger partial charge in [0.15, 0.2) is 0 Å². The standard InChI is InChI=1S/C11H17N3O.2ClH/c1-8-5-6-10(9(2)13-8)14-11(15)4-3-7-12;;/h5-6H,3-4,7,12H2,1-2H3,(H,14,15);2*1H. The molecule has 0 unspecified atom stereocenters. The Morgan fingerprint density at radius 2 is 2.00 bits per heavy atom. The number of amides is 1. The second kappa shape index (κ2) is 9.22. The average Bonchev–Trinajstić information content (AvgIpc) is 2.19. The van der Waals surface area contributed by atoms with Crippen LogP contribution in [0.15, 0.2) is 12.1 Å². The van der Waals surface area contributed by atoms with Gasteiger partial charge >= 0.3 is 0 Å². The number of nitrogens with one attached hydrogen (secondary N) is 1. The number of aromatic nitrogens is 1. The monoisotopic (exact) mass is 279 g/mol. The van der Waals surface area contributed by atoms with Gasteiger partial charge in [-0.25, -0.2) is 0 Å². The highest BCUT2D eigenvalue weighted by Gasteiger charge is 2.04. The van der Waals surface area contributed by atoms with E-state index in [1.807, 2.05) is 26.0 Å². The van der Waals surface area contributed by atoms with Crippen LogP contribution in [0.4, 0.5) is 5.69 Å². The molecule has 0 spiro atoms. The smallest absolute Gasteiger partial charge is 0.224 e. The minimum atomic E-state index is -0.00537. The van der Waals surface area contributed by atoms with E-state index in [-0.39, 0.29) is 30.7 Å². The Hall–Kier alpha value is -0.840. The molecule has 0 aliphatic rings. The molecule has 98 valence electrons. The third-order valence-electron chi connectivity index (χ3n) is 2.11. The third-order valence-corrected chi connectivity index (χ3v) is 2.11. The van der Waals surface area contributed by atoms with Crippen LogP contribution in [0.3, 0.4) is 0 Å². The third kappa shape index (κ3) is 6.46. The van der Waals surface area contributed by atoms with Gasteiger partial charge in [-0.1, -0.05) is 0 Å². The maximum absolute atomic E-state index is 11.4. The average molecular weight is 280 g/mol. The second-order valence-corrected chi connectivity index (χ2v) is 3.53. The molecule has 0 aliphatic heterocycles. The molecule has 17 heavy (non-hydrogen) atoms. The predicted molar refractivity (Wildman–Crippen MR) is 75.1 cm³/mol. The van der Waals surface area contributed by atoms with Crippen molar-refractivity contribution in [1.29, 1.82) is 0 Å². The molecule has 3 N–H and O–H groups in total. The highest BCUT2D eigenvalue weighted by atomic mass is 35.5. The molecule has 0 fully saturated rings. The van der Waals surface area contributed by atoms with Crippen LogP contribution in [0.5, 0.6) is 0 Å². The molecule has 1 amide bonds. The van der Waals surface area contributed by atoms with Gasteiger partial charge < -0.3 is 11.1 Å². The van der Waals surface area contributed by atoms with Crippen molar-refractivity contribution in [3.8, 4) is 0 Å². The Kier molecular flexibility index (Phi) is 10.0. The zero-order chi connectivity index (χ0) is 11.3. The lowest BCUT2D eigenvalue weighted by molar-refractivity contribution is -0.116. The fraction of sp³-hybridized carbons (Fsp3) is 0.455. The number of hydrogen-bond donors (Lipinski definition) is 2. The van der Waals surface area contributed by atoms with Crippen molar-refractivity contribution >= 4 is 36.4 Å². The van der Waals surface area contributed by atoms with Gasteiger partial charge in [-0.15, -0.1) is 24.8 Å². The van der Waals surface area contributed by atoms with Crippen molar-refractivity contribution in [1.82, 2.24) is 4.98 Å². The number of anilines is 1. The summed E-state index contributed by atoms with van der Waals surface area (Å²) in [7, 11) is 0. The minimum Gasteiger partial charge on any atom is -0.330 e. The summed E-state index contributed by atoms with van der Waals surface area (Å²) in [5.74, 6) is -0.00537. The molecular formula is C11H19Cl2N3O. The molecule has 0 bridgehead atoms. The van der Waals surface area contributed by atoms with Gasteiger partial charge in [0.05, 0.1) is 11.4 Å². The first-order valence-corrected chi connectivity index (χ1v) is 5.07.